The van der Waals surface area contributed by atoms with Gasteiger partial charge in [0.1, 0.15) is 5.58 Å². The fourth-order valence-electron chi connectivity index (χ4n) is 5.87. The summed E-state index contributed by atoms with van der Waals surface area (Å²) < 4.78 is 13.5. The zero-order valence-electron chi connectivity index (χ0n) is 26.3. The molecule has 1 aliphatic rings. The lowest BCUT2D eigenvalue weighted by atomic mass is 10.0. The number of amides is 1. The number of carbonyl (C=O) groups is 2. The van der Waals surface area contributed by atoms with Crippen molar-refractivity contribution in [2.45, 2.75) is 51.9 Å². The highest BCUT2D eigenvalue weighted by atomic mass is 32.2. The third-order valence-electron chi connectivity index (χ3n) is 8.45. The van der Waals surface area contributed by atoms with Crippen LogP contribution in [-0.2, 0) is 16.0 Å². The second kappa shape index (κ2) is 14.7. The number of hydrogen-bond acceptors (Lipinski definition) is 7. The minimum absolute atomic E-state index is 0.114. The zero-order valence-corrected chi connectivity index (χ0v) is 27.1. The Hall–Kier alpha value is -3.91. The highest BCUT2D eigenvalue weighted by Gasteiger charge is 2.27. The van der Waals surface area contributed by atoms with Crippen molar-refractivity contribution in [1.29, 1.82) is 0 Å². The minimum Gasteiger partial charge on any atom is -0.460 e. The van der Waals surface area contributed by atoms with Gasteiger partial charge in [0.05, 0.1) is 18.0 Å². The SMILES string of the molecule is CCOC(=O)c1oc2ccc(SN(CCc3ccccc3)c3ccccc3N3CCN(C(=O)C(CC)CC)CC3)cc2c1C. The Balaban J connectivity index is 1.41. The van der Waals surface area contributed by atoms with Crippen molar-refractivity contribution in [3.63, 3.8) is 0 Å². The molecule has 5 rings (SSSR count). The molecule has 232 valence electrons. The number of rotatable bonds is 12. The summed E-state index contributed by atoms with van der Waals surface area (Å²) >= 11 is 1.69. The molecule has 44 heavy (non-hydrogen) atoms. The van der Waals surface area contributed by atoms with E-state index >= 15 is 0 Å². The van der Waals surface area contributed by atoms with Crippen LogP contribution in [0.25, 0.3) is 11.0 Å². The van der Waals surface area contributed by atoms with Crippen molar-refractivity contribution < 1.29 is 18.7 Å². The standard InChI is InChI=1S/C36H43N3O4S/c1-5-28(6-2)35(40)38-23-21-37(22-24-38)31-15-11-12-16-32(31)39(20-19-27-13-9-8-10-14-27)44-29-17-18-33-30(25-29)26(4)34(43-33)36(41)42-7-3/h8-18,25,28H,5-7,19-24H2,1-4H3. The van der Waals surface area contributed by atoms with Crippen LogP contribution in [0.3, 0.4) is 0 Å². The van der Waals surface area contributed by atoms with Crippen molar-refractivity contribution in [1.82, 2.24) is 4.90 Å². The van der Waals surface area contributed by atoms with Crippen LogP contribution in [0, 0.1) is 12.8 Å². The topological polar surface area (TPSA) is 66.2 Å². The monoisotopic (exact) mass is 613 g/mol. The minimum atomic E-state index is -0.435. The highest BCUT2D eigenvalue weighted by molar-refractivity contribution is 8.00. The predicted molar refractivity (Wildman–Crippen MR) is 180 cm³/mol. The number of benzene rings is 3. The molecule has 0 N–H and O–H groups in total. The first-order valence-corrected chi connectivity index (χ1v) is 16.5. The van der Waals surface area contributed by atoms with Gasteiger partial charge in [0.2, 0.25) is 11.7 Å². The van der Waals surface area contributed by atoms with Crippen LogP contribution in [0.2, 0.25) is 0 Å². The number of fused-ring (bicyclic) bond motifs is 1. The van der Waals surface area contributed by atoms with Gasteiger partial charge in [0.25, 0.3) is 0 Å². The third kappa shape index (κ3) is 7.07. The van der Waals surface area contributed by atoms with E-state index in [0.717, 1.165) is 73.5 Å². The fourth-order valence-corrected chi connectivity index (χ4v) is 6.86. The molecule has 0 atom stereocenters. The molecular formula is C36H43N3O4S. The number of carbonyl (C=O) groups excluding carboxylic acids is 2. The molecule has 8 heteroatoms. The Morgan fingerprint density at radius 1 is 0.932 bits per heavy atom. The van der Waals surface area contributed by atoms with Crippen LogP contribution in [0.4, 0.5) is 11.4 Å². The summed E-state index contributed by atoms with van der Waals surface area (Å²) in [5.74, 6) is 0.231. The molecule has 4 aromatic rings. The molecule has 1 saturated heterocycles. The quantitative estimate of drug-likeness (QED) is 0.120. The number of furan rings is 1. The lowest BCUT2D eigenvalue weighted by Crippen LogP contribution is -2.50. The fraction of sp³-hybridized carbons (Fsp3) is 0.389. The molecule has 0 unspecified atom stereocenters. The van der Waals surface area contributed by atoms with Crippen LogP contribution in [0.1, 0.15) is 55.3 Å². The van der Waals surface area contributed by atoms with Crippen LogP contribution in [0.5, 0.6) is 0 Å². The molecule has 2 heterocycles. The number of esters is 1. The van der Waals surface area contributed by atoms with Crippen molar-refractivity contribution in [3.05, 3.63) is 89.7 Å². The van der Waals surface area contributed by atoms with Crippen molar-refractivity contribution in [2.75, 3.05) is 48.5 Å². The largest absolute Gasteiger partial charge is 0.460 e. The maximum atomic E-state index is 13.1. The van der Waals surface area contributed by atoms with Gasteiger partial charge < -0.3 is 23.3 Å². The van der Waals surface area contributed by atoms with E-state index in [9.17, 15) is 9.59 Å². The normalized spacial score (nSPS) is 13.5. The molecule has 7 nitrogen and oxygen atoms in total. The van der Waals surface area contributed by atoms with E-state index in [4.69, 9.17) is 9.15 Å². The van der Waals surface area contributed by atoms with E-state index in [1.165, 1.54) is 11.3 Å². The summed E-state index contributed by atoms with van der Waals surface area (Å²) in [5, 5.41) is 0.910. The van der Waals surface area contributed by atoms with Crippen LogP contribution >= 0.6 is 11.9 Å². The zero-order chi connectivity index (χ0) is 31.1. The van der Waals surface area contributed by atoms with E-state index in [1.54, 1.807) is 18.9 Å². The molecule has 0 saturated carbocycles. The summed E-state index contributed by atoms with van der Waals surface area (Å²) in [7, 11) is 0. The van der Waals surface area contributed by atoms with Gasteiger partial charge in [-0.2, -0.15) is 0 Å². The lowest BCUT2D eigenvalue weighted by molar-refractivity contribution is -0.136. The van der Waals surface area contributed by atoms with Gasteiger partial charge in [-0.15, -0.1) is 0 Å². The van der Waals surface area contributed by atoms with Gasteiger partial charge in [-0.25, -0.2) is 4.79 Å². The van der Waals surface area contributed by atoms with Gasteiger partial charge in [-0.1, -0.05) is 56.3 Å². The number of piperazine rings is 1. The summed E-state index contributed by atoms with van der Waals surface area (Å²) in [6, 6.07) is 25.2. The summed E-state index contributed by atoms with van der Waals surface area (Å²) in [6.45, 7) is 12.1. The average molecular weight is 614 g/mol. The molecule has 3 aromatic carbocycles. The molecular weight excluding hydrogens is 570 g/mol. The van der Waals surface area contributed by atoms with Gasteiger partial charge in [-0.3, -0.25) is 4.79 Å². The maximum absolute atomic E-state index is 13.1. The molecule has 1 aromatic heterocycles. The Labute approximate surface area is 265 Å². The summed E-state index contributed by atoms with van der Waals surface area (Å²) in [4.78, 5) is 31.0. The van der Waals surface area contributed by atoms with Gasteiger partial charge in [0.15, 0.2) is 0 Å². The lowest BCUT2D eigenvalue weighted by Gasteiger charge is -2.39. The second-order valence-electron chi connectivity index (χ2n) is 11.2. The Morgan fingerprint density at radius 3 is 2.34 bits per heavy atom. The van der Waals surface area contributed by atoms with Gasteiger partial charge in [-0.05, 0) is 81.0 Å². The smallest absolute Gasteiger partial charge is 0.374 e. The molecule has 0 spiro atoms. The Bertz CT molecular complexity index is 1560. The number of anilines is 2. The molecule has 0 bridgehead atoms. The van der Waals surface area contributed by atoms with Crippen molar-refractivity contribution >= 4 is 46.2 Å². The first-order valence-electron chi connectivity index (χ1n) is 15.8. The molecule has 0 radical (unpaired) electrons. The Morgan fingerprint density at radius 2 is 1.64 bits per heavy atom. The van der Waals surface area contributed by atoms with E-state index in [0.29, 0.717) is 18.1 Å². The first-order chi connectivity index (χ1) is 21.4. The molecule has 0 aliphatic carbocycles. The molecule has 1 aliphatic heterocycles. The molecule has 1 amide bonds. The van der Waals surface area contributed by atoms with Gasteiger partial charge >= 0.3 is 5.97 Å². The first kappa shape index (κ1) is 31.5. The number of para-hydroxylation sites is 2. The van der Waals surface area contributed by atoms with Crippen LogP contribution in [0.15, 0.2) is 82.1 Å². The summed E-state index contributed by atoms with van der Waals surface area (Å²) in [6.07, 6.45) is 2.67. The van der Waals surface area contributed by atoms with Gasteiger partial charge in [0, 0.05) is 54.5 Å². The Kier molecular flexibility index (Phi) is 10.5. The number of ether oxygens (including phenoxy) is 1. The van der Waals surface area contributed by atoms with Crippen LogP contribution in [-0.4, -0.2) is 56.1 Å². The van der Waals surface area contributed by atoms with E-state index < -0.39 is 5.97 Å². The second-order valence-corrected chi connectivity index (χ2v) is 12.3. The number of aryl methyl sites for hydroxylation is 1. The average Bonchev–Trinajstić information content (AvgIpc) is 3.39. The maximum Gasteiger partial charge on any atom is 0.374 e. The van der Waals surface area contributed by atoms with Crippen molar-refractivity contribution in [3.8, 4) is 0 Å². The predicted octanol–water partition coefficient (Wildman–Crippen LogP) is 7.76. The third-order valence-corrected chi connectivity index (χ3v) is 9.51. The van der Waals surface area contributed by atoms with Crippen LogP contribution < -0.4 is 9.21 Å². The van der Waals surface area contributed by atoms with E-state index in [2.05, 4.69) is 77.6 Å². The highest BCUT2D eigenvalue weighted by Crippen LogP contribution is 2.38. The molecule has 1 fully saturated rings. The number of hydrogen-bond donors (Lipinski definition) is 0. The van der Waals surface area contributed by atoms with E-state index in [1.807, 2.05) is 30.0 Å². The van der Waals surface area contributed by atoms with Crippen molar-refractivity contribution in [2.24, 2.45) is 5.92 Å². The summed E-state index contributed by atoms with van der Waals surface area (Å²) in [5.41, 5.74) is 5.06. The van der Waals surface area contributed by atoms with E-state index in [-0.39, 0.29) is 11.7 Å². The number of nitrogens with zero attached hydrogens (tertiary/aromatic N) is 3.